The second-order valence-corrected chi connectivity index (χ2v) is 10.8. The van der Waals surface area contributed by atoms with Gasteiger partial charge in [0.2, 0.25) is 0 Å². The van der Waals surface area contributed by atoms with Gasteiger partial charge in [-0.15, -0.1) is 0 Å². The van der Waals surface area contributed by atoms with E-state index in [1.807, 2.05) is 0 Å². The zero-order valence-corrected chi connectivity index (χ0v) is 24.0. The van der Waals surface area contributed by atoms with Gasteiger partial charge in [-0.1, -0.05) is 87.2 Å². The van der Waals surface area contributed by atoms with Gasteiger partial charge in [0.25, 0.3) is 0 Å². The fraction of sp³-hybridized carbons (Fsp3) is 0.333. The lowest BCUT2D eigenvalue weighted by atomic mass is 10.00. The number of unbranched alkanes of at least 4 members (excludes halogenated alkanes) is 5. The zero-order chi connectivity index (χ0) is 30.0. The maximum Gasteiger partial charge on any atom is 0.397 e. The Morgan fingerprint density at radius 2 is 1.14 bits per heavy atom. The highest BCUT2D eigenvalue weighted by Gasteiger charge is 2.30. The molecule has 0 unspecified atom stereocenters. The van der Waals surface area contributed by atoms with Crippen LogP contribution in [0.4, 0.5) is 22.0 Å². The van der Waals surface area contributed by atoms with E-state index in [2.05, 4.69) is 31.2 Å². The fourth-order valence-corrected chi connectivity index (χ4v) is 4.99. The van der Waals surface area contributed by atoms with E-state index in [1.165, 1.54) is 17.7 Å². The first-order valence-electron chi connectivity index (χ1n) is 14.7. The molecule has 0 amide bonds. The van der Waals surface area contributed by atoms with Crippen LogP contribution in [0, 0.1) is 17.5 Å². The molecule has 4 rings (SSSR count). The molecule has 0 saturated carbocycles. The third-order valence-electron chi connectivity index (χ3n) is 7.43. The highest BCUT2D eigenvalue weighted by molar-refractivity contribution is 5.65. The van der Waals surface area contributed by atoms with Crippen LogP contribution in [0.5, 0.6) is 5.75 Å². The van der Waals surface area contributed by atoms with Crippen LogP contribution in [0.25, 0.3) is 22.3 Å². The minimum Gasteiger partial charge on any atom is -0.433 e. The molecule has 42 heavy (non-hydrogen) atoms. The number of hydrogen-bond acceptors (Lipinski definition) is 1. The summed E-state index contributed by atoms with van der Waals surface area (Å²) in [5, 5.41) is 0. The van der Waals surface area contributed by atoms with Crippen LogP contribution in [-0.4, -0.2) is 6.11 Å². The molecule has 0 aromatic heterocycles. The Morgan fingerprint density at radius 3 is 1.81 bits per heavy atom. The van der Waals surface area contributed by atoms with Crippen molar-refractivity contribution in [1.29, 1.82) is 0 Å². The summed E-state index contributed by atoms with van der Waals surface area (Å²) in [5.41, 5.74) is 4.58. The van der Waals surface area contributed by atoms with Gasteiger partial charge >= 0.3 is 6.11 Å². The molecule has 0 aliphatic rings. The molecular weight excluding hydrogens is 543 g/mol. The maximum absolute atomic E-state index is 14.6. The Bertz CT molecular complexity index is 1410. The van der Waals surface area contributed by atoms with Crippen LogP contribution >= 0.6 is 0 Å². The molecule has 0 atom stereocenters. The molecule has 4 aromatic rings. The Balaban J connectivity index is 1.14. The van der Waals surface area contributed by atoms with Gasteiger partial charge in [0.1, 0.15) is 11.6 Å². The van der Waals surface area contributed by atoms with Gasteiger partial charge in [-0.3, -0.25) is 0 Å². The SMILES string of the molecule is CCCCc1ccc(-c2ccc(OC(F)(F)CCCCCCCc3ccc(-c4ccc(F)c(F)c4)c(F)c3)cc2)cc1. The van der Waals surface area contributed by atoms with Crippen molar-refractivity contribution in [2.24, 2.45) is 0 Å². The Hall–Kier alpha value is -3.67. The molecule has 0 aliphatic carbocycles. The van der Waals surface area contributed by atoms with Crippen molar-refractivity contribution in [2.75, 3.05) is 0 Å². The third-order valence-corrected chi connectivity index (χ3v) is 7.43. The lowest BCUT2D eigenvalue weighted by Gasteiger charge is -2.18. The summed E-state index contributed by atoms with van der Waals surface area (Å²) >= 11 is 0. The molecule has 6 heteroatoms. The van der Waals surface area contributed by atoms with Gasteiger partial charge in [0.05, 0.1) is 6.42 Å². The molecule has 0 bridgehead atoms. The van der Waals surface area contributed by atoms with Gasteiger partial charge in [-0.2, -0.15) is 8.78 Å². The largest absolute Gasteiger partial charge is 0.433 e. The van der Waals surface area contributed by atoms with E-state index in [-0.39, 0.29) is 23.3 Å². The van der Waals surface area contributed by atoms with Crippen LogP contribution < -0.4 is 4.74 Å². The van der Waals surface area contributed by atoms with Crippen molar-refractivity contribution in [3.63, 3.8) is 0 Å². The van der Waals surface area contributed by atoms with E-state index in [9.17, 15) is 22.0 Å². The molecule has 0 heterocycles. The van der Waals surface area contributed by atoms with Crippen LogP contribution in [-0.2, 0) is 12.8 Å². The lowest BCUT2D eigenvalue weighted by Crippen LogP contribution is -2.24. The van der Waals surface area contributed by atoms with Crippen molar-refractivity contribution < 1.29 is 26.7 Å². The Morgan fingerprint density at radius 1 is 0.548 bits per heavy atom. The van der Waals surface area contributed by atoms with E-state index >= 15 is 0 Å². The summed E-state index contributed by atoms with van der Waals surface area (Å²) in [5.74, 6) is -2.34. The first kappa shape index (κ1) is 31.3. The lowest BCUT2D eigenvalue weighted by molar-refractivity contribution is -0.181. The number of rotatable bonds is 15. The summed E-state index contributed by atoms with van der Waals surface area (Å²) in [4.78, 5) is 0. The van der Waals surface area contributed by atoms with Crippen LogP contribution in [0.15, 0.2) is 84.9 Å². The maximum atomic E-state index is 14.6. The molecule has 0 fully saturated rings. The quantitative estimate of drug-likeness (QED) is 0.100. The first-order chi connectivity index (χ1) is 20.2. The van der Waals surface area contributed by atoms with Crippen LogP contribution in [0.2, 0.25) is 0 Å². The predicted octanol–water partition coefficient (Wildman–Crippen LogP) is 11.3. The highest BCUT2D eigenvalue weighted by atomic mass is 19.3. The van der Waals surface area contributed by atoms with Crippen molar-refractivity contribution in [3.8, 4) is 28.0 Å². The molecule has 1 nitrogen and oxygen atoms in total. The van der Waals surface area contributed by atoms with E-state index in [0.717, 1.165) is 67.3 Å². The monoisotopic (exact) mass is 580 g/mol. The highest BCUT2D eigenvalue weighted by Crippen LogP contribution is 2.30. The smallest absolute Gasteiger partial charge is 0.397 e. The van der Waals surface area contributed by atoms with E-state index in [0.29, 0.717) is 19.3 Å². The molecule has 222 valence electrons. The summed E-state index contributed by atoms with van der Waals surface area (Å²) in [6.45, 7) is 2.17. The average Bonchev–Trinajstić information content (AvgIpc) is 2.97. The van der Waals surface area contributed by atoms with E-state index in [1.54, 1.807) is 36.4 Å². The number of alkyl halides is 2. The van der Waals surface area contributed by atoms with E-state index in [4.69, 9.17) is 4.74 Å². The normalized spacial score (nSPS) is 11.6. The topological polar surface area (TPSA) is 9.23 Å². The first-order valence-corrected chi connectivity index (χ1v) is 14.7. The number of aryl methyl sites for hydroxylation is 2. The minimum atomic E-state index is -3.24. The van der Waals surface area contributed by atoms with Gasteiger partial charge in [-0.25, -0.2) is 13.2 Å². The summed E-state index contributed by atoms with van der Waals surface area (Å²) < 4.78 is 75.0. The fourth-order valence-electron chi connectivity index (χ4n) is 4.99. The van der Waals surface area contributed by atoms with E-state index < -0.39 is 23.6 Å². The molecular formula is C36H37F5O. The second-order valence-electron chi connectivity index (χ2n) is 10.8. The summed E-state index contributed by atoms with van der Waals surface area (Å²) in [6, 6.07) is 23.2. The molecule has 4 aromatic carbocycles. The third kappa shape index (κ3) is 9.17. The number of hydrogen-bond donors (Lipinski definition) is 0. The Labute approximate surface area is 245 Å². The predicted molar refractivity (Wildman–Crippen MR) is 159 cm³/mol. The molecule has 0 saturated heterocycles. The van der Waals surface area contributed by atoms with Gasteiger partial charge in [-0.05, 0) is 90.3 Å². The number of ether oxygens (including phenoxy) is 1. The minimum absolute atomic E-state index is 0.145. The average molecular weight is 581 g/mol. The standard InChI is InChI=1S/C36H37F5O/c1-2-3-9-26-11-14-28(15-12-26)29-16-19-31(20-17-29)42-36(40,41)23-8-6-4-5-7-10-27-13-21-32(34(38)24-27)30-18-22-33(37)35(39)25-30/h11-22,24-25H,2-10,23H2,1H3. The van der Waals surface area contributed by atoms with Crippen molar-refractivity contribution >= 4 is 0 Å². The second kappa shape index (κ2) is 15.0. The number of halogens is 5. The van der Waals surface area contributed by atoms with Gasteiger partial charge in [0, 0.05) is 5.56 Å². The molecule has 0 N–H and O–H groups in total. The van der Waals surface area contributed by atoms with Crippen LogP contribution in [0.3, 0.4) is 0 Å². The Kier molecular flexibility index (Phi) is 11.2. The summed E-state index contributed by atoms with van der Waals surface area (Å²) in [6.07, 6.45) is 3.82. The van der Waals surface area contributed by atoms with Gasteiger partial charge in [0.15, 0.2) is 11.6 Å². The zero-order valence-electron chi connectivity index (χ0n) is 24.0. The summed E-state index contributed by atoms with van der Waals surface area (Å²) in [7, 11) is 0. The molecule has 0 aliphatic heterocycles. The van der Waals surface area contributed by atoms with Crippen molar-refractivity contribution in [2.45, 2.75) is 77.2 Å². The molecule has 0 radical (unpaired) electrons. The van der Waals surface area contributed by atoms with Gasteiger partial charge < -0.3 is 4.74 Å². The van der Waals surface area contributed by atoms with Crippen molar-refractivity contribution in [3.05, 3.63) is 114 Å². The molecule has 0 spiro atoms. The van der Waals surface area contributed by atoms with Crippen molar-refractivity contribution in [1.82, 2.24) is 0 Å². The number of benzene rings is 4. The van der Waals surface area contributed by atoms with Crippen LogP contribution in [0.1, 0.15) is 69.4 Å².